The standard InChI is InChI=1S/C17H19BrClN/c1-3-4-16(13-6-8-14(19)9-7-13)20-17-10-5-12(2)11-15(17)18/h5-11,16,20H,3-4H2,1-2H3. The Balaban J connectivity index is 2.22. The van der Waals surface area contributed by atoms with Gasteiger partial charge in [-0.05, 0) is 64.7 Å². The Morgan fingerprint density at radius 1 is 1.15 bits per heavy atom. The van der Waals surface area contributed by atoms with Crippen LogP contribution in [0.5, 0.6) is 0 Å². The van der Waals surface area contributed by atoms with Gasteiger partial charge < -0.3 is 5.32 Å². The summed E-state index contributed by atoms with van der Waals surface area (Å²) in [5.41, 5.74) is 3.65. The van der Waals surface area contributed by atoms with Gasteiger partial charge in [0.25, 0.3) is 0 Å². The Bertz CT molecular complexity index is 566. The highest BCUT2D eigenvalue weighted by molar-refractivity contribution is 9.10. The summed E-state index contributed by atoms with van der Waals surface area (Å²) in [6.07, 6.45) is 2.21. The molecule has 106 valence electrons. The first kappa shape index (κ1) is 15.4. The Hall–Kier alpha value is -0.990. The van der Waals surface area contributed by atoms with E-state index < -0.39 is 0 Å². The van der Waals surface area contributed by atoms with Gasteiger partial charge in [0.2, 0.25) is 0 Å². The van der Waals surface area contributed by atoms with Gasteiger partial charge >= 0.3 is 0 Å². The third-order valence-electron chi connectivity index (χ3n) is 3.30. The summed E-state index contributed by atoms with van der Waals surface area (Å²) >= 11 is 9.60. The number of halogens is 2. The molecule has 2 aromatic carbocycles. The van der Waals surface area contributed by atoms with Crippen LogP contribution in [-0.2, 0) is 0 Å². The van der Waals surface area contributed by atoms with E-state index in [0.717, 1.165) is 28.0 Å². The predicted octanol–water partition coefficient (Wildman–Crippen LogP) is 6.36. The van der Waals surface area contributed by atoms with Crippen LogP contribution in [0, 0.1) is 6.92 Å². The van der Waals surface area contributed by atoms with Crippen LogP contribution >= 0.6 is 27.5 Å². The lowest BCUT2D eigenvalue weighted by Gasteiger charge is -2.21. The molecule has 0 fully saturated rings. The van der Waals surface area contributed by atoms with Crippen molar-refractivity contribution in [3.63, 3.8) is 0 Å². The zero-order valence-corrected chi connectivity index (χ0v) is 14.1. The minimum atomic E-state index is 0.302. The first-order valence-corrected chi connectivity index (χ1v) is 8.05. The van der Waals surface area contributed by atoms with Crippen LogP contribution in [0.1, 0.15) is 36.9 Å². The maximum Gasteiger partial charge on any atom is 0.0514 e. The van der Waals surface area contributed by atoms with E-state index in [2.05, 4.69) is 65.4 Å². The Morgan fingerprint density at radius 3 is 2.45 bits per heavy atom. The third-order valence-corrected chi connectivity index (χ3v) is 4.21. The van der Waals surface area contributed by atoms with E-state index in [1.165, 1.54) is 11.1 Å². The summed E-state index contributed by atoms with van der Waals surface area (Å²) in [5, 5.41) is 4.40. The second kappa shape index (κ2) is 7.14. The van der Waals surface area contributed by atoms with E-state index in [-0.39, 0.29) is 0 Å². The molecule has 1 N–H and O–H groups in total. The average molecular weight is 353 g/mol. The number of nitrogens with one attached hydrogen (secondary N) is 1. The minimum absolute atomic E-state index is 0.302. The highest BCUT2D eigenvalue weighted by Crippen LogP contribution is 2.30. The SMILES string of the molecule is CCCC(Nc1ccc(C)cc1Br)c1ccc(Cl)cc1. The zero-order valence-electron chi connectivity index (χ0n) is 11.8. The smallest absolute Gasteiger partial charge is 0.0514 e. The van der Waals surface area contributed by atoms with Crippen molar-refractivity contribution in [3.05, 3.63) is 63.1 Å². The lowest BCUT2D eigenvalue weighted by atomic mass is 10.0. The van der Waals surface area contributed by atoms with Crippen LogP contribution in [0.3, 0.4) is 0 Å². The molecule has 0 heterocycles. The largest absolute Gasteiger partial charge is 0.377 e. The van der Waals surface area contributed by atoms with Crippen molar-refractivity contribution >= 4 is 33.2 Å². The van der Waals surface area contributed by atoms with Crippen molar-refractivity contribution in [2.45, 2.75) is 32.7 Å². The van der Waals surface area contributed by atoms with Gasteiger partial charge in [-0.15, -0.1) is 0 Å². The molecule has 0 spiro atoms. The molecule has 0 saturated heterocycles. The maximum absolute atomic E-state index is 5.97. The molecule has 0 amide bonds. The molecule has 1 nitrogen and oxygen atoms in total. The van der Waals surface area contributed by atoms with Gasteiger partial charge in [-0.3, -0.25) is 0 Å². The fraction of sp³-hybridized carbons (Fsp3) is 0.294. The van der Waals surface area contributed by atoms with Crippen LogP contribution in [0.15, 0.2) is 46.9 Å². The molecule has 1 unspecified atom stereocenters. The Labute approximate surface area is 134 Å². The fourth-order valence-electron chi connectivity index (χ4n) is 2.23. The lowest BCUT2D eigenvalue weighted by Crippen LogP contribution is -2.11. The molecule has 1 atom stereocenters. The second-order valence-electron chi connectivity index (χ2n) is 5.02. The summed E-state index contributed by atoms with van der Waals surface area (Å²) in [4.78, 5) is 0. The molecule has 0 bridgehead atoms. The molecule has 0 aliphatic carbocycles. The molecule has 2 rings (SSSR count). The average Bonchev–Trinajstić information content (AvgIpc) is 2.42. The number of rotatable bonds is 5. The van der Waals surface area contributed by atoms with E-state index in [1.807, 2.05) is 12.1 Å². The van der Waals surface area contributed by atoms with Crippen LogP contribution in [0.4, 0.5) is 5.69 Å². The van der Waals surface area contributed by atoms with E-state index >= 15 is 0 Å². The molecule has 20 heavy (non-hydrogen) atoms. The van der Waals surface area contributed by atoms with Crippen LogP contribution < -0.4 is 5.32 Å². The van der Waals surface area contributed by atoms with Gasteiger partial charge in [0, 0.05) is 15.2 Å². The second-order valence-corrected chi connectivity index (χ2v) is 6.31. The van der Waals surface area contributed by atoms with Gasteiger partial charge in [-0.25, -0.2) is 0 Å². The van der Waals surface area contributed by atoms with Crippen molar-refractivity contribution in [1.29, 1.82) is 0 Å². The number of hydrogen-bond acceptors (Lipinski definition) is 1. The van der Waals surface area contributed by atoms with E-state index in [0.29, 0.717) is 6.04 Å². The van der Waals surface area contributed by atoms with Crippen molar-refractivity contribution < 1.29 is 0 Å². The zero-order chi connectivity index (χ0) is 14.5. The molecule has 2 aromatic rings. The Kier molecular flexibility index (Phi) is 5.50. The fourth-order valence-corrected chi connectivity index (χ4v) is 2.96. The highest BCUT2D eigenvalue weighted by atomic mass is 79.9. The molecule has 3 heteroatoms. The molecule has 0 saturated carbocycles. The molecule has 0 aliphatic heterocycles. The van der Waals surface area contributed by atoms with Crippen molar-refractivity contribution in [1.82, 2.24) is 0 Å². The topological polar surface area (TPSA) is 12.0 Å². The van der Waals surface area contributed by atoms with Crippen LogP contribution in [0.25, 0.3) is 0 Å². The molecule has 0 aliphatic rings. The summed E-state index contributed by atoms with van der Waals surface area (Å²) in [6.45, 7) is 4.30. The quantitative estimate of drug-likeness (QED) is 0.659. The van der Waals surface area contributed by atoms with E-state index in [9.17, 15) is 0 Å². The summed E-state index contributed by atoms with van der Waals surface area (Å²) < 4.78 is 1.10. The van der Waals surface area contributed by atoms with Gasteiger partial charge in [0.15, 0.2) is 0 Å². The van der Waals surface area contributed by atoms with Crippen molar-refractivity contribution in [2.75, 3.05) is 5.32 Å². The maximum atomic E-state index is 5.97. The summed E-state index contributed by atoms with van der Waals surface area (Å²) in [7, 11) is 0. The summed E-state index contributed by atoms with van der Waals surface area (Å²) in [6, 6.07) is 14.8. The number of aryl methyl sites for hydroxylation is 1. The number of hydrogen-bond donors (Lipinski definition) is 1. The van der Waals surface area contributed by atoms with Gasteiger partial charge in [0.05, 0.1) is 6.04 Å². The first-order valence-electron chi connectivity index (χ1n) is 6.88. The van der Waals surface area contributed by atoms with Gasteiger partial charge in [-0.2, -0.15) is 0 Å². The molecular formula is C17H19BrClN. The van der Waals surface area contributed by atoms with Gasteiger partial charge in [-0.1, -0.05) is 43.1 Å². The first-order chi connectivity index (χ1) is 9.60. The highest BCUT2D eigenvalue weighted by Gasteiger charge is 2.12. The lowest BCUT2D eigenvalue weighted by molar-refractivity contribution is 0.677. The molecule has 0 radical (unpaired) electrons. The minimum Gasteiger partial charge on any atom is -0.377 e. The van der Waals surface area contributed by atoms with Crippen molar-refractivity contribution in [2.24, 2.45) is 0 Å². The monoisotopic (exact) mass is 351 g/mol. The normalized spacial score (nSPS) is 12.2. The van der Waals surface area contributed by atoms with Crippen molar-refractivity contribution in [3.8, 4) is 0 Å². The summed E-state index contributed by atoms with van der Waals surface area (Å²) in [5.74, 6) is 0. The van der Waals surface area contributed by atoms with E-state index in [4.69, 9.17) is 11.6 Å². The molecular weight excluding hydrogens is 334 g/mol. The van der Waals surface area contributed by atoms with Gasteiger partial charge in [0.1, 0.15) is 0 Å². The number of anilines is 1. The van der Waals surface area contributed by atoms with E-state index in [1.54, 1.807) is 0 Å². The predicted molar refractivity (Wildman–Crippen MR) is 91.6 cm³/mol. The molecule has 0 aromatic heterocycles. The Morgan fingerprint density at radius 2 is 1.85 bits per heavy atom. The van der Waals surface area contributed by atoms with Crippen LogP contribution in [-0.4, -0.2) is 0 Å². The third kappa shape index (κ3) is 4.00. The van der Waals surface area contributed by atoms with Crippen LogP contribution in [0.2, 0.25) is 5.02 Å². The number of benzene rings is 2.